The minimum atomic E-state index is -0.0973. The van der Waals surface area contributed by atoms with Gasteiger partial charge in [0.2, 0.25) is 5.91 Å². The normalized spacial score (nSPS) is 12.3. The van der Waals surface area contributed by atoms with Gasteiger partial charge >= 0.3 is 0 Å². The Kier molecular flexibility index (Phi) is 4.58. The number of nitrogens with one attached hydrogen (secondary N) is 1. The maximum atomic E-state index is 11.5. The molecule has 0 bridgehead atoms. The van der Waals surface area contributed by atoms with Gasteiger partial charge in [0.25, 0.3) is 0 Å². The van der Waals surface area contributed by atoms with Gasteiger partial charge in [0.05, 0.1) is 17.3 Å². The molecule has 0 fully saturated rings. The number of carbonyl (C=O) groups excluding carboxylic acids is 1. The van der Waals surface area contributed by atoms with Crippen LogP contribution in [-0.2, 0) is 11.3 Å². The van der Waals surface area contributed by atoms with Crippen LogP contribution in [0.4, 0.5) is 11.5 Å². The van der Waals surface area contributed by atoms with Crippen LogP contribution in [0.1, 0.15) is 19.5 Å². The molecule has 3 N–H and O–H groups in total. The van der Waals surface area contributed by atoms with Gasteiger partial charge in [-0.1, -0.05) is 6.92 Å². The lowest BCUT2D eigenvalue weighted by atomic mass is 10.1. The Balaban J connectivity index is 2.90. The number of hydrogen-bond acceptors (Lipinski definition) is 4. The average molecular weight is 253 g/mol. The predicted molar refractivity (Wildman–Crippen MR) is 73.6 cm³/mol. The maximum Gasteiger partial charge on any atom is 0.224 e. The number of nitrogen functional groups attached to an aromatic ring is 1. The second kappa shape index (κ2) is 5.75. The van der Waals surface area contributed by atoms with E-state index in [1.165, 1.54) is 0 Å². The number of anilines is 2. The first-order valence-electron chi connectivity index (χ1n) is 6.17. The number of carbonyl (C=O) groups is 1. The van der Waals surface area contributed by atoms with Crippen molar-refractivity contribution in [2.45, 2.75) is 27.3 Å². The average Bonchev–Trinajstić information content (AvgIpc) is 2.63. The summed E-state index contributed by atoms with van der Waals surface area (Å²) in [6, 6.07) is 0. The smallest absolute Gasteiger partial charge is 0.224 e. The van der Waals surface area contributed by atoms with E-state index in [0.717, 1.165) is 18.1 Å². The van der Waals surface area contributed by atoms with Gasteiger partial charge in [-0.25, -0.2) is 4.68 Å². The highest BCUT2D eigenvalue weighted by molar-refractivity contribution is 5.79. The van der Waals surface area contributed by atoms with Crippen LogP contribution in [0.2, 0.25) is 0 Å². The van der Waals surface area contributed by atoms with Crippen molar-refractivity contribution in [1.82, 2.24) is 15.1 Å². The fourth-order valence-electron chi connectivity index (χ4n) is 2.03. The van der Waals surface area contributed by atoms with Crippen molar-refractivity contribution in [2.24, 2.45) is 5.92 Å². The molecule has 1 unspecified atom stereocenters. The fraction of sp³-hybridized carbons (Fsp3) is 0.667. The summed E-state index contributed by atoms with van der Waals surface area (Å²) in [5, 5.41) is 7.02. The van der Waals surface area contributed by atoms with Crippen molar-refractivity contribution in [3.8, 4) is 0 Å². The molecule has 0 radical (unpaired) electrons. The summed E-state index contributed by atoms with van der Waals surface area (Å²) >= 11 is 0. The van der Waals surface area contributed by atoms with E-state index in [-0.39, 0.29) is 11.8 Å². The first-order valence-corrected chi connectivity index (χ1v) is 6.17. The van der Waals surface area contributed by atoms with Crippen LogP contribution in [0.5, 0.6) is 0 Å². The summed E-state index contributed by atoms with van der Waals surface area (Å²) in [6.45, 7) is 7.17. The van der Waals surface area contributed by atoms with Crippen molar-refractivity contribution >= 4 is 17.4 Å². The van der Waals surface area contributed by atoms with Crippen molar-refractivity contribution in [2.75, 3.05) is 31.3 Å². The molecular weight excluding hydrogens is 230 g/mol. The van der Waals surface area contributed by atoms with Gasteiger partial charge in [0, 0.05) is 27.2 Å². The van der Waals surface area contributed by atoms with Crippen LogP contribution in [0.25, 0.3) is 0 Å². The van der Waals surface area contributed by atoms with Crippen molar-refractivity contribution in [3.05, 3.63) is 5.69 Å². The minimum absolute atomic E-state index is 0.0275. The monoisotopic (exact) mass is 253 g/mol. The Morgan fingerprint density at radius 3 is 2.72 bits per heavy atom. The summed E-state index contributed by atoms with van der Waals surface area (Å²) < 4.78 is 1.86. The highest BCUT2D eigenvalue weighted by atomic mass is 16.1. The van der Waals surface area contributed by atoms with E-state index in [9.17, 15) is 4.79 Å². The predicted octanol–water partition coefficient (Wildman–Crippen LogP) is 0.612. The molecule has 0 aliphatic heterocycles. The third-order valence-corrected chi connectivity index (χ3v) is 3.05. The second-order valence-corrected chi connectivity index (χ2v) is 4.53. The lowest BCUT2D eigenvalue weighted by molar-refractivity contribution is -0.123. The number of rotatable bonds is 5. The van der Waals surface area contributed by atoms with Gasteiger partial charge in [-0.05, 0) is 13.8 Å². The van der Waals surface area contributed by atoms with E-state index in [1.54, 1.807) is 7.05 Å². The Hall–Kier alpha value is -1.72. The van der Waals surface area contributed by atoms with Crippen LogP contribution in [0, 0.1) is 12.8 Å². The van der Waals surface area contributed by atoms with Crippen LogP contribution < -0.4 is 16.0 Å². The highest BCUT2D eigenvalue weighted by Crippen LogP contribution is 2.26. The third kappa shape index (κ3) is 2.75. The minimum Gasteiger partial charge on any atom is -0.394 e. The number of aryl methyl sites for hydroxylation is 2. The van der Waals surface area contributed by atoms with Crippen LogP contribution in [0.15, 0.2) is 0 Å². The second-order valence-electron chi connectivity index (χ2n) is 4.53. The molecule has 0 aliphatic rings. The maximum absolute atomic E-state index is 11.5. The van der Waals surface area contributed by atoms with Gasteiger partial charge in [-0.2, -0.15) is 5.10 Å². The molecule has 1 atom stereocenters. The first-order chi connectivity index (χ1) is 8.42. The molecule has 1 aromatic rings. The van der Waals surface area contributed by atoms with Crippen molar-refractivity contribution in [1.29, 1.82) is 0 Å². The first kappa shape index (κ1) is 14.3. The van der Waals surface area contributed by atoms with E-state index >= 15 is 0 Å². The standard InChI is InChI=1S/C12H23N5O/c1-6-17-12(10(13)9(3)15-17)16(5)7-8(2)11(18)14-4/h8H,6-7,13H2,1-5H3,(H,14,18). The Morgan fingerprint density at radius 2 is 2.22 bits per heavy atom. The van der Waals surface area contributed by atoms with Gasteiger partial charge < -0.3 is 16.0 Å². The van der Waals surface area contributed by atoms with Crippen molar-refractivity contribution in [3.63, 3.8) is 0 Å². The highest BCUT2D eigenvalue weighted by Gasteiger charge is 2.19. The summed E-state index contributed by atoms with van der Waals surface area (Å²) in [4.78, 5) is 13.5. The summed E-state index contributed by atoms with van der Waals surface area (Å²) in [6.07, 6.45) is 0. The Labute approximate surface area is 108 Å². The number of aromatic nitrogens is 2. The molecule has 1 heterocycles. The lowest BCUT2D eigenvalue weighted by Gasteiger charge is -2.23. The topological polar surface area (TPSA) is 76.2 Å². The number of hydrogen-bond donors (Lipinski definition) is 2. The fourth-order valence-corrected chi connectivity index (χ4v) is 2.03. The largest absolute Gasteiger partial charge is 0.394 e. The molecule has 1 amide bonds. The summed E-state index contributed by atoms with van der Waals surface area (Å²) in [5.74, 6) is 0.811. The molecule has 6 nitrogen and oxygen atoms in total. The van der Waals surface area contributed by atoms with Gasteiger partial charge in [0.1, 0.15) is 5.82 Å². The molecule has 1 rings (SSSR count). The molecular formula is C12H23N5O. The van der Waals surface area contributed by atoms with E-state index in [4.69, 9.17) is 5.73 Å². The number of amides is 1. The molecule has 102 valence electrons. The van der Waals surface area contributed by atoms with Crippen LogP contribution >= 0.6 is 0 Å². The molecule has 0 aliphatic carbocycles. The molecule has 18 heavy (non-hydrogen) atoms. The molecule has 0 saturated carbocycles. The van der Waals surface area contributed by atoms with Crippen LogP contribution in [-0.4, -0.2) is 36.3 Å². The van der Waals surface area contributed by atoms with Gasteiger partial charge in [0.15, 0.2) is 0 Å². The number of nitrogens with zero attached hydrogens (tertiary/aromatic N) is 3. The Morgan fingerprint density at radius 1 is 1.61 bits per heavy atom. The van der Waals surface area contributed by atoms with E-state index in [1.807, 2.05) is 37.4 Å². The van der Waals surface area contributed by atoms with E-state index in [2.05, 4.69) is 10.4 Å². The molecule has 0 saturated heterocycles. The van der Waals surface area contributed by atoms with E-state index in [0.29, 0.717) is 12.2 Å². The molecule has 6 heteroatoms. The third-order valence-electron chi connectivity index (χ3n) is 3.05. The zero-order chi connectivity index (χ0) is 13.9. The lowest BCUT2D eigenvalue weighted by Crippen LogP contribution is -2.35. The molecule has 0 aromatic carbocycles. The summed E-state index contributed by atoms with van der Waals surface area (Å²) in [7, 11) is 3.58. The van der Waals surface area contributed by atoms with Gasteiger partial charge in [-0.15, -0.1) is 0 Å². The quantitative estimate of drug-likeness (QED) is 0.806. The number of nitrogens with two attached hydrogens (primary N) is 1. The van der Waals surface area contributed by atoms with Crippen molar-refractivity contribution < 1.29 is 4.79 Å². The zero-order valence-electron chi connectivity index (χ0n) is 11.8. The molecule has 0 spiro atoms. The SMILES string of the molecule is CCn1nc(C)c(N)c1N(C)CC(C)C(=O)NC. The summed E-state index contributed by atoms with van der Waals surface area (Å²) in [5.41, 5.74) is 7.55. The molecule has 1 aromatic heterocycles. The van der Waals surface area contributed by atoms with Gasteiger partial charge in [-0.3, -0.25) is 4.79 Å². The Bertz CT molecular complexity index is 426. The van der Waals surface area contributed by atoms with E-state index < -0.39 is 0 Å². The van der Waals surface area contributed by atoms with Crippen LogP contribution in [0.3, 0.4) is 0 Å². The zero-order valence-corrected chi connectivity index (χ0v) is 11.8.